The van der Waals surface area contributed by atoms with Crippen LogP contribution in [0.2, 0.25) is 0 Å². The Labute approximate surface area is 86.5 Å². The number of carboxylic acids is 1. The van der Waals surface area contributed by atoms with Gasteiger partial charge in [-0.05, 0) is 12.8 Å². The van der Waals surface area contributed by atoms with E-state index in [1.165, 1.54) is 25.7 Å². The van der Waals surface area contributed by atoms with Gasteiger partial charge in [-0.2, -0.15) is 0 Å². The van der Waals surface area contributed by atoms with Crippen molar-refractivity contribution in [3.63, 3.8) is 0 Å². The van der Waals surface area contributed by atoms with Crippen LogP contribution in [0.15, 0.2) is 0 Å². The third-order valence-corrected chi connectivity index (χ3v) is 2.24. The first-order valence-corrected chi connectivity index (χ1v) is 5.48. The highest BCUT2D eigenvalue weighted by Gasteiger charge is 1.96. The summed E-state index contributed by atoms with van der Waals surface area (Å²) in [6.07, 6.45) is 8.21. The average Bonchev–Trinajstić information content (AvgIpc) is 2.15. The molecule has 0 amide bonds. The minimum Gasteiger partial charge on any atom is -0.481 e. The third-order valence-electron chi connectivity index (χ3n) is 2.24. The SMILES string of the molecule is COCCCCCCCCCC(=O)O. The van der Waals surface area contributed by atoms with Crippen LogP contribution in [0.3, 0.4) is 0 Å². The van der Waals surface area contributed by atoms with Gasteiger partial charge >= 0.3 is 5.97 Å². The van der Waals surface area contributed by atoms with Crippen molar-refractivity contribution in [3.05, 3.63) is 0 Å². The zero-order valence-corrected chi connectivity index (χ0v) is 9.13. The minimum atomic E-state index is -0.676. The topological polar surface area (TPSA) is 46.5 Å². The maximum absolute atomic E-state index is 10.2. The molecule has 0 saturated carbocycles. The molecule has 0 aliphatic rings. The summed E-state index contributed by atoms with van der Waals surface area (Å²) in [5.41, 5.74) is 0. The molecule has 84 valence electrons. The zero-order valence-electron chi connectivity index (χ0n) is 9.13. The second-order valence-electron chi connectivity index (χ2n) is 3.61. The Morgan fingerprint density at radius 1 is 1.00 bits per heavy atom. The predicted molar refractivity (Wildman–Crippen MR) is 56.4 cm³/mol. The Hall–Kier alpha value is -0.570. The fourth-order valence-electron chi connectivity index (χ4n) is 1.41. The Morgan fingerprint density at radius 2 is 1.50 bits per heavy atom. The normalized spacial score (nSPS) is 10.4. The molecule has 0 saturated heterocycles. The summed E-state index contributed by atoms with van der Waals surface area (Å²) < 4.78 is 4.95. The molecule has 0 fully saturated rings. The van der Waals surface area contributed by atoms with Gasteiger partial charge in [0.05, 0.1) is 0 Å². The highest BCUT2D eigenvalue weighted by molar-refractivity contribution is 5.66. The van der Waals surface area contributed by atoms with Crippen molar-refractivity contribution in [1.82, 2.24) is 0 Å². The molecule has 3 heteroatoms. The summed E-state index contributed by atoms with van der Waals surface area (Å²) in [6.45, 7) is 0.860. The van der Waals surface area contributed by atoms with E-state index in [0.717, 1.165) is 25.9 Å². The van der Waals surface area contributed by atoms with Crippen molar-refractivity contribution < 1.29 is 14.6 Å². The molecule has 0 atom stereocenters. The Kier molecular flexibility index (Phi) is 10.1. The van der Waals surface area contributed by atoms with E-state index in [1.807, 2.05) is 0 Å². The summed E-state index contributed by atoms with van der Waals surface area (Å²) in [6, 6.07) is 0. The maximum atomic E-state index is 10.2. The van der Waals surface area contributed by atoms with Crippen LogP contribution < -0.4 is 0 Å². The van der Waals surface area contributed by atoms with E-state index in [1.54, 1.807) is 7.11 Å². The fraction of sp³-hybridized carbons (Fsp3) is 0.909. The standard InChI is InChI=1S/C11H22O3/c1-14-10-8-6-4-2-3-5-7-9-11(12)13/h2-10H2,1H3,(H,12,13). The van der Waals surface area contributed by atoms with Crippen molar-refractivity contribution in [1.29, 1.82) is 0 Å². The molecule has 0 radical (unpaired) electrons. The average molecular weight is 202 g/mol. The van der Waals surface area contributed by atoms with Gasteiger partial charge in [0.25, 0.3) is 0 Å². The maximum Gasteiger partial charge on any atom is 0.303 e. The summed E-state index contributed by atoms with van der Waals surface area (Å²) in [5.74, 6) is -0.676. The number of methoxy groups -OCH3 is 1. The summed E-state index contributed by atoms with van der Waals surface area (Å²) >= 11 is 0. The number of carboxylic acid groups (broad SMARTS) is 1. The number of unbranched alkanes of at least 4 members (excludes halogenated alkanes) is 6. The van der Waals surface area contributed by atoms with Crippen molar-refractivity contribution >= 4 is 5.97 Å². The highest BCUT2D eigenvalue weighted by Crippen LogP contribution is 2.08. The number of carbonyl (C=O) groups is 1. The van der Waals surface area contributed by atoms with Crippen LogP contribution in [0, 0.1) is 0 Å². The monoisotopic (exact) mass is 202 g/mol. The van der Waals surface area contributed by atoms with Gasteiger partial charge in [-0.25, -0.2) is 0 Å². The van der Waals surface area contributed by atoms with E-state index in [9.17, 15) is 4.79 Å². The second-order valence-corrected chi connectivity index (χ2v) is 3.61. The molecule has 0 unspecified atom stereocenters. The Bertz CT molecular complexity index is 134. The van der Waals surface area contributed by atoms with Crippen LogP contribution in [0.1, 0.15) is 51.4 Å². The largest absolute Gasteiger partial charge is 0.481 e. The van der Waals surface area contributed by atoms with Gasteiger partial charge in [0.2, 0.25) is 0 Å². The van der Waals surface area contributed by atoms with E-state index < -0.39 is 5.97 Å². The number of hydrogen-bond acceptors (Lipinski definition) is 2. The summed E-state index contributed by atoms with van der Waals surface area (Å²) in [5, 5.41) is 8.40. The molecule has 0 bridgehead atoms. The lowest BCUT2D eigenvalue weighted by Gasteiger charge is -2.00. The summed E-state index contributed by atoms with van der Waals surface area (Å²) in [4.78, 5) is 10.2. The van der Waals surface area contributed by atoms with Crippen LogP contribution in [0.4, 0.5) is 0 Å². The molecule has 1 N–H and O–H groups in total. The molecule has 3 nitrogen and oxygen atoms in total. The predicted octanol–water partition coefficient (Wildman–Crippen LogP) is 2.84. The molecule has 0 aliphatic heterocycles. The second kappa shape index (κ2) is 10.5. The van der Waals surface area contributed by atoms with Crippen molar-refractivity contribution in [2.75, 3.05) is 13.7 Å². The van der Waals surface area contributed by atoms with Gasteiger partial charge in [0.1, 0.15) is 0 Å². The molecular formula is C11H22O3. The molecule has 14 heavy (non-hydrogen) atoms. The lowest BCUT2D eigenvalue weighted by Crippen LogP contribution is -1.93. The van der Waals surface area contributed by atoms with Crippen molar-refractivity contribution in [3.8, 4) is 0 Å². The first-order valence-electron chi connectivity index (χ1n) is 5.48. The number of ether oxygens (including phenoxy) is 1. The van der Waals surface area contributed by atoms with E-state index in [2.05, 4.69) is 0 Å². The Morgan fingerprint density at radius 3 is 2.00 bits per heavy atom. The number of aliphatic carboxylic acids is 1. The summed E-state index contributed by atoms with van der Waals surface area (Å²) in [7, 11) is 1.73. The molecule has 0 aliphatic carbocycles. The van der Waals surface area contributed by atoms with E-state index >= 15 is 0 Å². The van der Waals surface area contributed by atoms with Crippen LogP contribution >= 0.6 is 0 Å². The van der Waals surface area contributed by atoms with Gasteiger partial charge in [0, 0.05) is 20.1 Å². The zero-order chi connectivity index (χ0) is 10.6. The highest BCUT2D eigenvalue weighted by atomic mass is 16.5. The van der Waals surface area contributed by atoms with Crippen molar-refractivity contribution in [2.24, 2.45) is 0 Å². The first kappa shape index (κ1) is 13.4. The number of rotatable bonds is 10. The smallest absolute Gasteiger partial charge is 0.303 e. The molecule has 0 aromatic rings. The van der Waals surface area contributed by atoms with Crippen molar-refractivity contribution in [2.45, 2.75) is 51.4 Å². The molecule has 0 aromatic heterocycles. The molecule has 0 aromatic carbocycles. The van der Waals surface area contributed by atoms with Gasteiger partial charge in [-0.3, -0.25) is 4.79 Å². The van der Waals surface area contributed by atoms with E-state index in [4.69, 9.17) is 9.84 Å². The fourth-order valence-corrected chi connectivity index (χ4v) is 1.41. The lowest BCUT2D eigenvalue weighted by atomic mass is 10.1. The molecule has 0 rings (SSSR count). The third kappa shape index (κ3) is 11.4. The molecular weight excluding hydrogens is 180 g/mol. The van der Waals surface area contributed by atoms with E-state index in [0.29, 0.717) is 6.42 Å². The molecule has 0 spiro atoms. The molecule has 0 heterocycles. The minimum absolute atomic E-state index is 0.323. The van der Waals surface area contributed by atoms with Gasteiger partial charge < -0.3 is 9.84 Å². The van der Waals surface area contributed by atoms with Gasteiger partial charge in [-0.1, -0.05) is 32.1 Å². The number of hydrogen-bond donors (Lipinski definition) is 1. The van der Waals surface area contributed by atoms with Crippen LogP contribution in [-0.2, 0) is 9.53 Å². The Balaban J connectivity index is 2.88. The lowest BCUT2D eigenvalue weighted by molar-refractivity contribution is -0.137. The van der Waals surface area contributed by atoms with Crippen LogP contribution in [0.25, 0.3) is 0 Å². The first-order chi connectivity index (χ1) is 6.77. The quantitative estimate of drug-likeness (QED) is 0.554. The van der Waals surface area contributed by atoms with E-state index in [-0.39, 0.29) is 0 Å². The van der Waals surface area contributed by atoms with Crippen LogP contribution in [0.5, 0.6) is 0 Å². The van der Waals surface area contributed by atoms with Gasteiger partial charge in [-0.15, -0.1) is 0 Å². The van der Waals surface area contributed by atoms with Gasteiger partial charge in [0.15, 0.2) is 0 Å². The van der Waals surface area contributed by atoms with Crippen LogP contribution in [-0.4, -0.2) is 24.8 Å².